The predicted octanol–water partition coefficient (Wildman–Crippen LogP) is 1.96. The molecule has 0 aliphatic rings. The van der Waals surface area contributed by atoms with Crippen molar-refractivity contribution in [3.05, 3.63) is 53.3 Å². The van der Waals surface area contributed by atoms with Crippen molar-refractivity contribution in [2.75, 3.05) is 14.2 Å². The lowest BCUT2D eigenvalue weighted by atomic mass is 9.95. The van der Waals surface area contributed by atoms with Gasteiger partial charge in [0.15, 0.2) is 0 Å². The standard InChI is InChI=1S/C15H19N3O2/c1-10-8-11(19-2)4-5-12(10)15(18-16)13-6-7-17-9-14(13)20-3/h4-9,15,18H,16H2,1-3H3. The van der Waals surface area contributed by atoms with Gasteiger partial charge in [0.25, 0.3) is 0 Å². The van der Waals surface area contributed by atoms with Gasteiger partial charge in [-0.2, -0.15) is 0 Å². The Hall–Kier alpha value is -2.11. The summed E-state index contributed by atoms with van der Waals surface area (Å²) in [7, 11) is 3.27. The molecule has 0 radical (unpaired) electrons. The number of methoxy groups -OCH3 is 2. The van der Waals surface area contributed by atoms with Crippen LogP contribution in [0.5, 0.6) is 11.5 Å². The van der Waals surface area contributed by atoms with Crippen LogP contribution in [-0.4, -0.2) is 19.2 Å². The van der Waals surface area contributed by atoms with Crippen LogP contribution in [0, 0.1) is 6.92 Å². The lowest BCUT2D eigenvalue weighted by Gasteiger charge is -2.21. The number of rotatable bonds is 5. The summed E-state index contributed by atoms with van der Waals surface area (Å²) in [6, 6.07) is 7.62. The van der Waals surface area contributed by atoms with E-state index in [4.69, 9.17) is 15.3 Å². The molecule has 3 N–H and O–H groups in total. The summed E-state index contributed by atoms with van der Waals surface area (Å²) >= 11 is 0. The van der Waals surface area contributed by atoms with Gasteiger partial charge in [-0.05, 0) is 36.2 Å². The summed E-state index contributed by atoms with van der Waals surface area (Å²) in [6.45, 7) is 2.02. The molecule has 1 atom stereocenters. The minimum atomic E-state index is -0.168. The predicted molar refractivity (Wildman–Crippen MR) is 77.7 cm³/mol. The molecule has 1 aromatic heterocycles. The Morgan fingerprint density at radius 1 is 1.15 bits per heavy atom. The van der Waals surface area contributed by atoms with Crippen molar-refractivity contribution in [3.63, 3.8) is 0 Å². The first kappa shape index (κ1) is 14.3. The molecule has 0 amide bonds. The Labute approximate surface area is 118 Å². The van der Waals surface area contributed by atoms with Crippen LogP contribution in [0.1, 0.15) is 22.7 Å². The third-order valence-corrected chi connectivity index (χ3v) is 3.30. The van der Waals surface area contributed by atoms with Crippen LogP contribution in [0.25, 0.3) is 0 Å². The fourth-order valence-corrected chi connectivity index (χ4v) is 2.25. The summed E-state index contributed by atoms with van der Waals surface area (Å²) in [6.07, 6.45) is 3.40. The number of nitrogens with one attached hydrogen (secondary N) is 1. The molecule has 1 heterocycles. The monoisotopic (exact) mass is 273 g/mol. The maximum Gasteiger partial charge on any atom is 0.142 e. The van der Waals surface area contributed by atoms with Crippen LogP contribution in [0.2, 0.25) is 0 Å². The molecule has 0 aliphatic carbocycles. The molecule has 0 saturated heterocycles. The minimum absolute atomic E-state index is 0.168. The van der Waals surface area contributed by atoms with Gasteiger partial charge >= 0.3 is 0 Å². The van der Waals surface area contributed by atoms with Crippen molar-refractivity contribution in [1.29, 1.82) is 0 Å². The molecule has 0 fully saturated rings. The Morgan fingerprint density at radius 2 is 1.95 bits per heavy atom. The lowest BCUT2D eigenvalue weighted by molar-refractivity contribution is 0.402. The van der Waals surface area contributed by atoms with Crippen LogP contribution in [-0.2, 0) is 0 Å². The molecule has 1 unspecified atom stereocenters. The molecule has 0 spiro atoms. The van der Waals surface area contributed by atoms with Gasteiger partial charge in [-0.1, -0.05) is 6.07 Å². The number of aromatic nitrogens is 1. The molecule has 106 valence electrons. The quantitative estimate of drug-likeness (QED) is 0.644. The normalized spacial score (nSPS) is 12.0. The number of hydrazine groups is 1. The van der Waals surface area contributed by atoms with E-state index in [1.54, 1.807) is 26.6 Å². The van der Waals surface area contributed by atoms with Crippen LogP contribution >= 0.6 is 0 Å². The van der Waals surface area contributed by atoms with E-state index in [1.165, 1.54) is 0 Å². The number of benzene rings is 1. The van der Waals surface area contributed by atoms with Crippen molar-refractivity contribution in [2.45, 2.75) is 13.0 Å². The Bertz CT molecular complexity index is 587. The van der Waals surface area contributed by atoms with E-state index in [0.29, 0.717) is 5.75 Å². The molecular formula is C15H19N3O2. The first-order chi connectivity index (χ1) is 9.71. The summed E-state index contributed by atoms with van der Waals surface area (Å²) in [5.74, 6) is 7.27. The SMILES string of the molecule is COc1ccc(C(NN)c2ccncc2OC)c(C)c1. The highest BCUT2D eigenvalue weighted by Crippen LogP contribution is 2.31. The zero-order chi connectivity index (χ0) is 14.5. The molecule has 0 bridgehead atoms. The van der Waals surface area contributed by atoms with Gasteiger partial charge in [-0.3, -0.25) is 10.8 Å². The van der Waals surface area contributed by atoms with E-state index in [1.807, 2.05) is 31.2 Å². The van der Waals surface area contributed by atoms with E-state index >= 15 is 0 Å². The van der Waals surface area contributed by atoms with E-state index in [-0.39, 0.29) is 6.04 Å². The lowest BCUT2D eigenvalue weighted by Crippen LogP contribution is -2.29. The van der Waals surface area contributed by atoms with E-state index in [2.05, 4.69) is 10.4 Å². The molecule has 5 heteroatoms. The smallest absolute Gasteiger partial charge is 0.142 e. The van der Waals surface area contributed by atoms with E-state index in [0.717, 1.165) is 22.4 Å². The van der Waals surface area contributed by atoms with Gasteiger partial charge in [0.05, 0.1) is 26.5 Å². The van der Waals surface area contributed by atoms with Gasteiger partial charge in [-0.25, -0.2) is 5.43 Å². The molecule has 2 aromatic rings. The summed E-state index contributed by atoms with van der Waals surface area (Å²) in [5, 5.41) is 0. The first-order valence-corrected chi connectivity index (χ1v) is 6.29. The molecule has 2 rings (SSSR count). The molecule has 0 saturated carbocycles. The van der Waals surface area contributed by atoms with E-state index in [9.17, 15) is 0 Å². The number of nitrogens with two attached hydrogens (primary N) is 1. The zero-order valence-electron chi connectivity index (χ0n) is 11.9. The highest BCUT2D eigenvalue weighted by molar-refractivity contribution is 5.44. The highest BCUT2D eigenvalue weighted by atomic mass is 16.5. The van der Waals surface area contributed by atoms with Crippen LogP contribution in [0.4, 0.5) is 0 Å². The van der Waals surface area contributed by atoms with Crippen molar-refractivity contribution in [3.8, 4) is 11.5 Å². The molecule has 5 nitrogen and oxygen atoms in total. The second kappa shape index (κ2) is 6.36. The zero-order valence-corrected chi connectivity index (χ0v) is 11.9. The average molecular weight is 273 g/mol. The fraction of sp³-hybridized carbons (Fsp3) is 0.267. The van der Waals surface area contributed by atoms with Gasteiger partial charge < -0.3 is 9.47 Å². The number of ether oxygens (including phenoxy) is 2. The van der Waals surface area contributed by atoms with Gasteiger partial charge in [0, 0.05) is 11.8 Å². The van der Waals surface area contributed by atoms with Crippen LogP contribution < -0.4 is 20.7 Å². The Balaban J connectivity index is 2.47. The van der Waals surface area contributed by atoms with E-state index < -0.39 is 0 Å². The highest BCUT2D eigenvalue weighted by Gasteiger charge is 2.19. The number of hydrogen-bond donors (Lipinski definition) is 2. The van der Waals surface area contributed by atoms with Crippen LogP contribution in [0.3, 0.4) is 0 Å². The maximum absolute atomic E-state index is 5.74. The van der Waals surface area contributed by atoms with Crippen molar-refractivity contribution < 1.29 is 9.47 Å². The third-order valence-electron chi connectivity index (χ3n) is 3.30. The second-order valence-corrected chi connectivity index (χ2v) is 4.44. The topological polar surface area (TPSA) is 69.4 Å². The summed E-state index contributed by atoms with van der Waals surface area (Å²) in [4.78, 5) is 4.06. The number of hydrogen-bond acceptors (Lipinski definition) is 5. The molecule has 20 heavy (non-hydrogen) atoms. The van der Waals surface area contributed by atoms with Gasteiger partial charge in [-0.15, -0.1) is 0 Å². The number of pyridine rings is 1. The van der Waals surface area contributed by atoms with Crippen molar-refractivity contribution >= 4 is 0 Å². The fourth-order valence-electron chi connectivity index (χ4n) is 2.25. The molecule has 0 aliphatic heterocycles. The summed E-state index contributed by atoms with van der Waals surface area (Å²) < 4.78 is 10.6. The van der Waals surface area contributed by atoms with Gasteiger partial charge in [0.1, 0.15) is 11.5 Å². The Kier molecular flexibility index (Phi) is 4.55. The number of aryl methyl sites for hydroxylation is 1. The molecular weight excluding hydrogens is 254 g/mol. The number of nitrogens with zero attached hydrogens (tertiary/aromatic N) is 1. The molecule has 1 aromatic carbocycles. The average Bonchev–Trinajstić information content (AvgIpc) is 2.50. The van der Waals surface area contributed by atoms with Gasteiger partial charge in [0.2, 0.25) is 0 Å². The summed E-state index contributed by atoms with van der Waals surface area (Å²) in [5.41, 5.74) is 5.94. The van der Waals surface area contributed by atoms with Crippen LogP contribution in [0.15, 0.2) is 36.7 Å². The minimum Gasteiger partial charge on any atom is -0.497 e. The Morgan fingerprint density at radius 3 is 2.55 bits per heavy atom. The maximum atomic E-state index is 5.74. The van der Waals surface area contributed by atoms with Crippen molar-refractivity contribution in [2.24, 2.45) is 5.84 Å². The van der Waals surface area contributed by atoms with Crippen molar-refractivity contribution in [1.82, 2.24) is 10.4 Å². The largest absolute Gasteiger partial charge is 0.497 e. The second-order valence-electron chi connectivity index (χ2n) is 4.44. The first-order valence-electron chi connectivity index (χ1n) is 6.29. The third kappa shape index (κ3) is 2.74.